The summed E-state index contributed by atoms with van der Waals surface area (Å²) >= 11 is 1.56. The van der Waals surface area contributed by atoms with Gasteiger partial charge in [-0.3, -0.25) is 4.79 Å². The molecule has 182 valence electrons. The number of nitrogens with one attached hydrogen (secondary N) is 1. The van der Waals surface area contributed by atoms with Crippen molar-refractivity contribution in [3.05, 3.63) is 87.4 Å². The Morgan fingerprint density at radius 2 is 1.77 bits per heavy atom. The van der Waals surface area contributed by atoms with Crippen LogP contribution in [0.2, 0.25) is 0 Å². The van der Waals surface area contributed by atoms with Gasteiger partial charge in [0.25, 0.3) is 0 Å². The molecule has 1 aromatic heterocycles. The van der Waals surface area contributed by atoms with Gasteiger partial charge in [0.1, 0.15) is 12.4 Å². The molecule has 0 radical (unpaired) electrons. The molecule has 0 saturated carbocycles. The molecule has 0 bridgehead atoms. The van der Waals surface area contributed by atoms with E-state index >= 15 is 0 Å². The van der Waals surface area contributed by atoms with Gasteiger partial charge in [-0.2, -0.15) is 5.26 Å². The highest BCUT2D eigenvalue weighted by Crippen LogP contribution is 2.20. The number of thiophene rings is 1. The predicted octanol–water partition coefficient (Wildman–Crippen LogP) is 4.78. The molecule has 7 nitrogen and oxygen atoms in total. The van der Waals surface area contributed by atoms with E-state index in [-0.39, 0.29) is 38.0 Å². The van der Waals surface area contributed by atoms with Crippen LogP contribution in [0.5, 0.6) is 0 Å². The Morgan fingerprint density at radius 1 is 1.06 bits per heavy atom. The molecule has 3 amide bonds. The first-order chi connectivity index (χ1) is 16.9. The van der Waals surface area contributed by atoms with Crippen molar-refractivity contribution in [2.24, 2.45) is 0 Å². The zero-order valence-corrected chi connectivity index (χ0v) is 20.5. The van der Waals surface area contributed by atoms with E-state index in [1.54, 1.807) is 52.6 Å². The largest absolute Gasteiger partial charge is 0.383 e. The Bertz CT molecular complexity index is 1170. The number of carbonyl (C=O) groups is 2. The maximum Gasteiger partial charge on any atom is 0.322 e. The Kier molecular flexibility index (Phi) is 9.35. The highest BCUT2D eigenvalue weighted by atomic mass is 32.1. The van der Waals surface area contributed by atoms with Gasteiger partial charge in [-0.1, -0.05) is 12.1 Å². The van der Waals surface area contributed by atoms with Crippen molar-refractivity contribution in [1.29, 1.82) is 5.26 Å². The van der Waals surface area contributed by atoms with Crippen LogP contribution in [0.1, 0.15) is 21.6 Å². The number of methoxy groups -OCH3 is 1. The molecule has 0 fully saturated rings. The van der Waals surface area contributed by atoms with Gasteiger partial charge in [0.05, 0.1) is 24.8 Å². The molecule has 0 saturated heterocycles. The lowest BCUT2D eigenvalue weighted by Gasteiger charge is -2.28. The second kappa shape index (κ2) is 12.6. The number of ether oxygens (including phenoxy) is 1. The molecule has 0 spiro atoms. The first kappa shape index (κ1) is 25.9. The number of halogens is 1. The fourth-order valence-corrected chi connectivity index (χ4v) is 4.25. The van der Waals surface area contributed by atoms with Crippen molar-refractivity contribution in [2.45, 2.75) is 20.0 Å². The standard InChI is InChI=1S/C26H27FN4O3S/c1-19-11-14-35-24(19)17-31(16-21-3-7-22(27)8-4-21)25(32)18-30(12-13-34-2)26(33)29-23-9-5-20(15-28)6-10-23/h3-11,14H,12-13,16-18H2,1-2H3,(H,29,33). The minimum Gasteiger partial charge on any atom is -0.383 e. The molecule has 1 heterocycles. The molecular weight excluding hydrogens is 467 g/mol. The SMILES string of the molecule is COCCN(CC(=O)N(Cc1ccc(F)cc1)Cc1sccc1C)C(=O)Nc1ccc(C#N)cc1. The number of aryl methyl sites for hydroxylation is 1. The van der Waals surface area contributed by atoms with Crippen LogP contribution in [0, 0.1) is 24.1 Å². The van der Waals surface area contributed by atoms with E-state index in [1.165, 1.54) is 24.1 Å². The molecule has 0 aliphatic heterocycles. The number of nitriles is 1. The van der Waals surface area contributed by atoms with Crippen molar-refractivity contribution in [2.75, 3.05) is 32.1 Å². The zero-order chi connectivity index (χ0) is 25.2. The summed E-state index contributed by atoms with van der Waals surface area (Å²) in [6.07, 6.45) is 0. The maximum absolute atomic E-state index is 13.4. The number of hydrogen-bond donors (Lipinski definition) is 1. The predicted molar refractivity (Wildman–Crippen MR) is 133 cm³/mol. The molecule has 9 heteroatoms. The summed E-state index contributed by atoms with van der Waals surface area (Å²) in [4.78, 5) is 30.5. The van der Waals surface area contributed by atoms with E-state index in [0.29, 0.717) is 17.8 Å². The Balaban J connectivity index is 1.76. The third-order valence-corrected chi connectivity index (χ3v) is 6.39. The second-order valence-corrected chi connectivity index (χ2v) is 8.94. The number of carbonyl (C=O) groups excluding carboxylic acids is 2. The number of nitrogens with zero attached hydrogens (tertiary/aromatic N) is 3. The van der Waals surface area contributed by atoms with Crippen LogP contribution in [0.25, 0.3) is 0 Å². The molecule has 0 unspecified atom stereocenters. The number of benzene rings is 2. The molecule has 1 N–H and O–H groups in total. The van der Waals surface area contributed by atoms with Gasteiger partial charge in [-0.25, -0.2) is 9.18 Å². The fourth-order valence-electron chi connectivity index (χ4n) is 3.33. The summed E-state index contributed by atoms with van der Waals surface area (Å²) in [7, 11) is 1.53. The van der Waals surface area contributed by atoms with E-state index < -0.39 is 6.03 Å². The van der Waals surface area contributed by atoms with E-state index in [4.69, 9.17) is 10.00 Å². The van der Waals surface area contributed by atoms with Crippen molar-refractivity contribution in [1.82, 2.24) is 9.80 Å². The molecule has 0 aliphatic carbocycles. The summed E-state index contributed by atoms with van der Waals surface area (Å²) in [5.41, 5.74) is 2.87. The van der Waals surface area contributed by atoms with Crippen LogP contribution in [-0.4, -0.2) is 48.5 Å². The van der Waals surface area contributed by atoms with E-state index in [9.17, 15) is 14.0 Å². The van der Waals surface area contributed by atoms with Gasteiger partial charge >= 0.3 is 6.03 Å². The lowest BCUT2D eigenvalue weighted by Crippen LogP contribution is -2.45. The molecule has 0 aliphatic rings. The second-order valence-electron chi connectivity index (χ2n) is 7.94. The van der Waals surface area contributed by atoms with Crippen LogP contribution in [-0.2, 0) is 22.6 Å². The van der Waals surface area contributed by atoms with Crippen LogP contribution in [0.4, 0.5) is 14.9 Å². The topological polar surface area (TPSA) is 85.7 Å². The Labute approximate surface area is 208 Å². The van der Waals surface area contributed by atoms with Gasteiger partial charge in [0.15, 0.2) is 0 Å². The van der Waals surface area contributed by atoms with Crippen LogP contribution < -0.4 is 5.32 Å². The van der Waals surface area contributed by atoms with Crippen molar-refractivity contribution >= 4 is 29.0 Å². The molecule has 0 atom stereocenters. The zero-order valence-electron chi connectivity index (χ0n) is 19.7. The summed E-state index contributed by atoms with van der Waals surface area (Å²) in [6.45, 7) is 2.98. The molecule has 2 aromatic carbocycles. The first-order valence-corrected chi connectivity index (χ1v) is 11.9. The summed E-state index contributed by atoms with van der Waals surface area (Å²) in [5, 5.41) is 13.7. The number of rotatable bonds is 10. The van der Waals surface area contributed by atoms with Crippen molar-refractivity contribution in [3.63, 3.8) is 0 Å². The van der Waals surface area contributed by atoms with Gasteiger partial charge in [-0.15, -0.1) is 11.3 Å². The minimum atomic E-state index is -0.450. The summed E-state index contributed by atoms with van der Waals surface area (Å²) in [5.74, 6) is -0.584. The molecule has 35 heavy (non-hydrogen) atoms. The van der Waals surface area contributed by atoms with Gasteiger partial charge in [-0.05, 0) is 65.9 Å². The van der Waals surface area contributed by atoms with Gasteiger partial charge in [0, 0.05) is 30.8 Å². The number of anilines is 1. The molecule has 3 aromatic rings. The highest BCUT2D eigenvalue weighted by molar-refractivity contribution is 7.10. The maximum atomic E-state index is 13.4. The first-order valence-electron chi connectivity index (χ1n) is 11.0. The average molecular weight is 495 g/mol. The Morgan fingerprint density at radius 3 is 2.37 bits per heavy atom. The van der Waals surface area contributed by atoms with Gasteiger partial charge in [0.2, 0.25) is 5.91 Å². The van der Waals surface area contributed by atoms with E-state index in [2.05, 4.69) is 5.32 Å². The van der Waals surface area contributed by atoms with E-state index in [1.807, 2.05) is 24.4 Å². The number of urea groups is 1. The fraction of sp³-hybridized carbons (Fsp3) is 0.269. The highest BCUT2D eigenvalue weighted by Gasteiger charge is 2.23. The van der Waals surface area contributed by atoms with Gasteiger partial charge < -0.3 is 19.9 Å². The third kappa shape index (κ3) is 7.64. The third-order valence-electron chi connectivity index (χ3n) is 5.39. The summed E-state index contributed by atoms with van der Waals surface area (Å²) < 4.78 is 18.5. The Hall–Kier alpha value is -3.74. The monoisotopic (exact) mass is 494 g/mol. The normalized spacial score (nSPS) is 10.5. The lowest BCUT2D eigenvalue weighted by atomic mass is 10.2. The van der Waals surface area contributed by atoms with E-state index in [0.717, 1.165) is 16.0 Å². The van der Waals surface area contributed by atoms with Crippen LogP contribution in [0.15, 0.2) is 60.0 Å². The lowest BCUT2D eigenvalue weighted by molar-refractivity contribution is -0.133. The van der Waals surface area contributed by atoms with Crippen LogP contribution in [0.3, 0.4) is 0 Å². The number of amides is 3. The minimum absolute atomic E-state index is 0.156. The van der Waals surface area contributed by atoms with Crippen molar-refractivity contribution < 1.29 is 18.7 Å². The molecule has 3 rings (SSSR count). The van der Waals surface area contributed by atoms with Crippen LogP contribution >= 0.6 is 11.3 Å². The van der Waals surface area contributed by atoms with Crippen molar-refractivity contribution in [3.8, 4) is 6.07 Å². The smallest absolute Gasteiger partial charge is 0.322 e. The average Bonchev–Trinajstić information content (AvgIpc) is 3.27. The number of hydrogen-bond acceptors (Lipinski definition) is 5. The molecular formula is C26H27FN4O3S. The quantitative estimate of drug-likeness (QED) is 0.440. The summed E-state index contributed by atoms with van der Waals surface area (Å²) in [6, 6.07) is 16.1.